The minimum Gasteiger partial charge on any atom is -0.489 e. The van der Waals surface area contributed by atoms with Gasteiger partial charge in [0.05, 0.1) is 22.9 Å². The average Bonchev–Trinajstić information content (AvgIpc) is 2.82. The van der Waals surface area contributed by atoms with Crippen LogP contribution in [0.25, 0.3) is 0 Å². The van der Waals surface area contributed by atoms with Crippen LogP contribution in [0, 0.1) is 13.8 Å². The second-order valence-electron chi connectivity index (χ2n) is 6.17. The summed E-state index contributed by atoms with van der Waals surface area (Å²) in [6.07, 6.45) is -0.100. The van der Waals surface area contributed by atoms with Gasteiger partial charge in [-0.25, -0.2) is 4.79 Å². The number of nitrogens with zero attached hydrogens (tertiary/aromatic N) is 1. The lowest BCUT2D eigenvalue weighted by Gasteiger charge is -2.15. The molecule has 1 amide bonds. The summed E-state index contributed by atoms with van der Waals surface area (Å²) < 4.78 is 7.73. The number of carboxylic acid groups (broad SMARTS) is 1. The Morgan fingerprint density at radius 3 is 2.44 bits per heavy atom. The Balaban J connectivity index is 2.39. The molecule has 0 aliphatic rings. The molecule has 134 valence electrons. The summed E-state index contributed by atoms with van der Waals surface area (Å²) in [4.78, 5) is 23.9. The predicted molar refractivity (Wildman–Crippen MR) is 96.7 cm³/mol. The van der Waals surface area contributed by atoms with Crippen molar-refractivity contribution in [2.45, 2.75) is 47.3 Å². The zero-order valence-electron chi connectivity index (χ0n) is 15.2. The molecule has 0 saturated heterocycles. The molecule has 6 nitrogen and oxygen atoms in total. The smallest absolute Gasteiger partial charge is 0.335 e. The monoisotopic (exact) mass is 344 g/mol. The van der Waals surface area contributed by atoms with Crippen LogP contribution >= 0.6 is 0 Å². The van der Waals surface area contributed by atoms with Gasteiger partial charge in [-0.15, -0.1) is 0 Å². The summed E-state index contributed by atoms with van der Waals surface area (Å²) >= 11 is 0. The van der Waals surface area contributed by atoms with Crippen LogP contribution < -0.4 is 10.1 Å². The molecule has 0 radical (unpaired) electrons. The highest BCUT2D eigenvalue weighted by Crippen LogP contribution is 2.28. The average molecular weight is 344 g/mol. The minimum absolute atomic E-state index is 0.0884. The van der Waals surface area contributed by atoms with E-state index in [4.69, 9.17) is 4.74 Å². The Hall–Kier alpha value is -2.76. The fourth-order valence-corrected chi connectivity index (χ4v) is 2.82. The lowest BCUT2D eigenvalue weighted by molar-refractivity contribution is 0.0696. The lowest BCUT2D eigenvalue weighted by atomic mass is 10.1. The van der Waals surface area contributed by atoms with Crippen molar-refractivity contribution in [1.82, 2.24) is 4.57 Å². The van der Waals surface area contributed by atoms with Crippen molar-refractivity contribution in [3.05, 3.63) is 46.8 Å². The van der Waals surface area contributed by atoms with Crippen LogP contribution in [0.5, 0.6) is 5.75 Å². The minimum atomic E-state index is -1.06. The molecule has 2 aromatic rings. The zero-order chi connectivity index (χ0) is 18.7. The molecular formula is C19H24N2O4. The summed E-state index contributed by atoms with van der Waals surface area (Å²) in [5, 5.41) is 12.0. The molecule has 0 aliphatic carbocycles. The maximum atomic E-state index is 12.7. The maximum absolute atomic E-state index is 12.7. The SMILES string of the molecule is CCn1c(C)cc(C(=O)Nc2cc(C(=O)O)ccc2OC(C)C)c1C. The van der Waals surface area contributed by atoms with Gasteiger partial charge in [-0.05, 0) is 58.9 Å². The Morgan fingerprint density at radius 1 is 1.24 bits per heavy atom. The van der Waals surface area contributed by atoms with Gasteiger partial charge >= 0.3 is 5.97 Å². The first-order valence-corrected chi connectivity index (χ1v) is 8.26. The van der Waals surface area contributed by atoms with E-state index in [2.05, 4.69) is 5.32 Å². The van der Waals surface area contributed by atoms with Gasteiger partial charge in [-0.2, -0.15) is 0 Å². The number of aryl methyl sites for hydroxylation is 1. The largest absolute Gasteiger partial charge is 0.489 e. The number of hydrogen-bond acceptors (Lipinski definition) is 3. The third kappa shape index (κ3) is 4.02. The number of carbonyl (C=O) groups is 2. The Kier molecular flexibility index (Phi) is 5.51. The molecule has 0 fully saturated rings. The number of aromatic carboxylic acids is 1. The van der Waals surface area contributed by atoms with Crippen LogP contribution in [-0.4, -0.2) is 27.7 Å². The fraction of sp³-hybridized carbons (Fsp3) is 0.368. The number of benzene rings is 1. The maximum Gasteiger partial charge on any atom is 0.335 e. The van der Waals surface area contributed by atoms with Gasteiger partial charge in [-0.3, -0.25) is 4.79 Å². The molecule has 6 heteroatoms. The summed E-state index contributed by atoms with van der Waals surface area (Å²) in [5.74, 6) is -0.905. The first-order valence-electron chi connectivity index (χ1n) is 8.26. The number of carboxylic acids is 1. The molecule has 1 aromatic heterocycles. The highest BCUT2D eigenvalue weighted by atomic mass is 16.5. The zero-order valence-corrected chi connectivity index (χ0v) is 15.2. The molecule has 0 unspecified atom stereocenters. The third-order valence-electron chi connectivity index (χ3n) is 3.97. The molecule has 2 rings (SSSR count). The molecule has 0 aliphatic heterocycles. The fourth-order valence-electron chi connectivity index (χ4n) is 2.82. The molecular weight excluding hydrogens is 320 g/mol. The van der Waals surface area contributed by atoms with E-state index in [1.54, 1.807) is 6.07 Å². The molecule has 1 heterocycles. The van der Waals surface area contributed by atoms with Gasteiger partial charge in [-0.1, -0.05) is 0 Å². The van der Waals surface area contributed by atoms with Crippen molar-refractivity contribution in [2.75, 3.05) is 5.32 Å². The standard InChI is InChI=1S/C19H24N2O4/c1-6-21-12(4)9-15(13(21)5)18(22)20-16-10-14(19(23)24)7-8-17(16)25-11(2)3/h7-11H,6H2,1-5H3,(H,20,22)(H,23,24). The van der Waals surface area contributed by atoms with Crippen LogP contribution in [0.2, 0.25) is 0 Å². The van der Waals surface area contributed by atoms with E-state index in [-0.39, 0.29) is 17.6 Å². The number of hydrogen-bond donors (Lipinski definition) is 2. The first kappa shape index (κ1) is 18.6. The van der Waals surface area contributed by atoms with E-state index in [1.165, 1.54) is 12.1 Å². The van der Waals surface area contributed by atoms with Gasteiger partial charge in [0, 0.05) is 17.9 Å². The van der Waals surface area contributed by atoms with Gasteiger partial charge < -0.3 is 19.7 Å². The number of anilines is 1. The number of nitrogens with one attached hydrogen (secondary N) is 1. The van der Waals surface area contributed by atoms with Crippen LogP contribution in [0.3, 0.4) is 0 Å². The number of ether oxygens (including phenoxy) is 1. The summed E-state index contributed by atoms with van der Waals surface area (Å²) in [6.45, 7) is 10.4. The molecule has 25 heavy (non-hydrogen) atoms. The molecule has 0 saturated carbocycles. The first-order chi connectivity index (χ1) is 11.7. The molecule has 0 spiro atoms. The highest BCUT2D eigenvalue weighted by Gasteiger charge is 2.18. The van der Waals surface area contributed by atoms with E-state index in [9.17, 15) is 14.7 Å². The number of rotatable bonds is 6. The number of carbonyl (C=O) groups excluding carboxylic acids is 1. The van der Waals surface area contributed by atoms with E-state index >= 15 is 0 Å². The summed E-state index contributed by atoms with van der Waals surface area (Å²) in [5.41, 5.74) is 2.88. The van der Waals surface area contributed by atoms with E-state index in [0.29, 0.717) is 17.0 Å². The second kappa shape index (κ2) is 7.42. The number of aromatic nitrogens is 1. The van der Waals surface area contributed by atoms with Crippen LogP contribution in [0.15, 0.2) is 24.3 Å². The van der Waals surface area contributed by atoms with Crippen molar-refractivity contribution in [3.8, 4) is 5.75 Å². The lowest BCUT2D eigenvalue weighted by Crippen LogP contribution is -2.16. The van der Waals surface area contributed by atoms with E-state index in [1.807, 2.05) is 45.3 Å². The summed E-state index contributed by atoms with van der Waals surface area (Å²) in [6, 6.07) is 6.27. The van der Waals surface area contributed by atoms with Gasteiger partial charge in [0.1, 0.15) is 5.75 Å². The normalized spacial score (nSPS) is 10.8. The van der Waals surface area contributed by atoms with Crippen LogP contribution in [0.4, 0.5) is 5.69 Å². The second-order valence-corrected chi connectivity index (χ2v) is 6.17. The Morgan fingerprint density at radius 2 is 1.92 bits per heavy atom. The Bertz CT molecular complexity index is 806. The van der Waals surface area contributed by atoms with Crippen molar-refractivity contribution >= 4 is 17.6 Å². The molecule has 2 N–H and O–H groups in total. The van der Waals surface area contributed by atoms with Gasteiger partial charge in [0.25, 0.3) is 5.91 Å². The predicted octanol–water partition coefficient (Wildman–Crippen LogP) is 3.86. The molecule has 0 atom stereocenters. The highest BCUT2D eigenvalue weighted by molar-refractivity contribution is 6.06. The van der Waals surface area contributed by atoms with E-state index in [0.717, 1.165) is 17.9 Å². The quantitative estimate of drug-likeness (QED) is 0.834. The number of amides is 1. The van der Waals surface area contributed by atoms with Crippen molar-refractivity contribution in [3.63, 3.8) is 0 Å². The van der Waals surface area contributed by atoms with Crippen molar-refractivity contribution in [2.24, 2.45) is 0 Å². The third-order valence-corrected chi connectivity index (χ3v) is 3.97. The van der Waals surface area contributed by atoms with Gasteiger partial charge in [0.2, 0.25) is 0 Å². The topological polar surface area (TPSA) is 80.6 Å². The van der Waals surface area contributed by atoms with Crippen molar-refractivity contribution in [1.29, 1.82) is 0 Å². The van der Waals surface area contributed by atoms with Crippen molar-refractivity contribution < 1.29 is 19.4 Å². The molecule has 0 bridgehead atoms. The van der Waals surface area contributed by atoms with E-state index < -0.39 is 5.97 Å². The van der Waals surface area contributed by atoms with Gasteiger partial charge in [0.15, 0.2) is 0 Å². The summed E-state index contributed by atoms with van der Waals surface area (Å²) in [7, 11) is 0. The van der Waals surface area contributed by atoms with Crippen LogP contribution in [0.1, 0.15) is 52.9 Å². The Labute approximate surface area is 147 Å². The van der Waals surface area contributed by atoms with Crippen LogP contribution in [-0.2, 0) is 6.54 Å². The molecule has 1 aromatic carbocycles.